The number of aliphatic hydroxyl groups is 1. The predicted octanol–water partition coefficient (Wildman–Crippen LogP) is 3.04. The maximum atomic E-state index is 13.5. The van der Waals surface area contributed by atoms with E-state index in [2.05, 4.69) is 23.8 Å². The first-order chi connectivity index (χ1) is 18.4. The first-order valence-corrected chi connectivity index (χ1v) is 14.5. The van der Waals surface area contributed by atoms with Crippen LogP contribution in [0.4, 0.5) is 0 Å². The summed E-state index contributed by atoms with van der Waals surface area (Å²) in [5.74, 6) is 0.109. The average Bonchev–Trinajstić information content (AvgIpc) is 3.58. The third-order valence-electron chi connectivity index (χ3n) is 7.32. The van der Waals surface area contributed by atoms with Gasteiger partial charge in [0.15, 0.2) is 5.65 Å². The molecule has 3 aromatic rings. The Morgan fingerprint density at radius 1 is 1.18 bits per heavy atom. The molecule has 5 rings (SSSR count). The van der Waals surface area contributed by atoms with Crippen LogP contribution in [0.1, 0.15) is 53.5 Å². The number of piperidine rings is 1. The van der Waals surface area contributed by atoms with Crippen LogP contribution >= 0.6 is 11.3 Å². The third-order valence-corrected chi connectivity index (χ3v) is 8.00. The van der Waals surface area contributed by atoms with Crippen molar-refractivity contribution in [3.63, 3.8) is 0 Å². The van der Waals surface area contributed by atoms with Crippen molar-refractivity contribution in [2.24, 2.45) is 11.7 Å². The molecule has 0 aromatic carbocycles. The molecule has 1 atom stereocenters. The Kier molecular flexibility index (Phi) is 9.90. The summed E-state index contributed by atoms with van der Waals surface area (Å²) >= 11 is 1.53. The molecule has 10 heteroatoms. The van der Waals surface area contributed by atoms with E-state index in [4.69, 9.17) is 15.8 Å². The lowest BCUT2D eigenvalue weighted by atomic mass is 9.97. The highest BCUT2D eigenvalue weighted by Crippen LogP contribution is 2.28. The molecule has 3 aromatic heterocycles. The second-order valence-corrected chi connectivity index (χ2v) is 11.0. The number of hydrogen-bond donors (Lipinski definition) is 2. The van der Waals surface area contributed by atoms with Crippen molar-refractivity contribution in [1.29, 1.82) is 0 Å². The number of carbonyl (C=O) groups excluding carboxylic acids is 2. The minimum Gasteiger partial charge on any atom is -0.396 e. The quantitative estimate of drug-likeness (QED) is 0.477. The van der Waals surface area contributed by atoms with Gasteiger partial charge in [-0.05, 0) is 62.4 Å². The van der Waals surface area contributed by atoms with Gasteiger partial charge < -0.3 is 20.6 Å². The Morgan fingerprint density at radius 3 is 2.58 bits per heavy atom. The largest absolute Gasteiger partial charge is 0.396 e. The number of carbonyl (C=O) groups is 2. The van der Waals surface area contributed by atoms with Gasteiger partial charge in [-0.15, -0.1) is 0 Å². The molecule has 2 aliphatic heterocycles. The SMILES string of the molecule is CCCCO.CN1CCCC(CN2CCN(C(=O)c3cccn4c(C(N)=O)c(-c5ccsc5)nc34)CC2)C1. The highest BCUT2D eigenvalue weighted by atomic mass is 32.1. The first-order valence-electron chi connectivity index (χ1n) is 13.6. The van der Waals surface area contributed by atoms with Gasteiger partial charge in [0.1, 0.15) is 11.4 Å². The van der Waals surface area contributed by atoms with E-state index in [1.165, 1.54) is 30.7 Å². The van der Waals surface area contributed by atoms with Crippen molar-refractivity contribution in [2.45, 2.75) is 32.6 Å². The van der Waals surface area contributed by atoms with Crippen LogP contribution in [0, 0.1) is 5.92 Å². The summed E-state index contributed by atoms with van der Waals surface area (Å²) in [4.78, 5) is 37.2. The van der Waals surface area contributed by atoms with Crippen molar-refractivity contribution < 1.29 is 14.7 Å². The fourth-order valence-corrected chi connectivity index (χ4v) is 5.96. The van der Waals surface area contributed by atoms with E-state index < -0.39 is 5.91 Å². The lowest BCUT2D eigenvalue weighted by molar-refractivity contribution is 0.0589. The summed E-state index contributed by atoms with van der Waals surface area (Å²) in [6, 6.07) is 5.47. The van der Waals surface area contributed by atoms with E-state index in [9.17, 15) is 9.59 Å². The molecule has 0 aliphatic carbocycles. The van der Waals surface area contributed by atoms with Crippen LogP contribution in [-0.4, -0.2) is 100 Å². The van der Waals surface area contributed by atoms with Crippen LogP contribution in [0.25, 0.3) is 16.9 Å². The van der Waals surface area contributed by atoms with Gasteiger partial charge in [-0.2, -0.15) is 11.3 Å². The van der Waals surface area contributed by atoms with Crippen molar-refractivity contribution in [1.82, 2.24) is 24.1 Å². The maximum Gasteiger partial charge on any atom is 0.268 e. The number of amides is 2. The Bertz CT molecular complexity index is 1200. The van der Waals surface area contributed by atoms with Crippen LogP contribution in [0.2, 0.25) is 0 Å². The lowest BCUT2D eigenvalue weighted by Gasteiger charge is -2.38. The average molecular weight is 541 g/mol. The number of unbranched alkanes of at least 4 members (excludes halogenated alkanes) is 1. The fraction of sp³-hybridized carbons (Fsp3) is 0.536. The number of fused-ring (bicyclic) bond motifs is 1. The van der Waals surface area contributed by atoms with Crippen molar-refractivity contribution >= 4 is 28.8 Å². The summed E-state index contributed by atoms with van der Waals surface area (Å²) in [7, 11) is 2.20. The smallest absolute Gasteiger partial charge is 0.268 e. The Morgan fingerprint density at radius 2 is 1.97 bits per heavy atom. The number of primary amides is 1. The summed E-state index contributed by atoms with van der Waals surface area (Å²) in [6.45, 7) is 9.03. The molecule has 2 aliphatic rings. The zero-order valence-corrected chi connectivity index (χ0v) is 23.3. The highest BCUT2D eigenvalue weighted by molar-refractivity contribution is 7.08. The molecule has 0 spiro atoms. The fourth-order valence-electron chi connectivity index (χ4n) is 5.32. The molecular formula is C28H40N6O3S. The van der Waals surface area contributed by atoms with Gasteiger partial charge in [0.2, 0.25) is 0 Å². The molecule has 3 N–H and O–H groups in total. The van der Waals surface area contributed by atoms with Gasteiger partial charge in [0, 0.05) is 63.0 Å². The molecule has 2 amide bonds. The molecule has 38 heavy (non-hydrogen) atoms. The van der Waals surface area contributed by atoms with E-state index in [-0.39, 0.29) is 5.91 Å². The summed E-state index contributed by atoms with van der Waals surface area (Å²) in [5, 5.41) is 11.9. The number of rotatable bonds is 7. The zero-order chi connectivity index (χ0) is 27.1. The number of piperazine rings is 1. The molecule has 2 fully saturated rings. The molecule has 206 valence electrons. The van der Waals surface area contributed by atoms with Gasteiger partial charge in [-0.1, -0.05) is 13.3 Å². The molecule has 0 saturated carbocycles. The summed E-state index contributed by atoms with van der Waals surface area (Å²) in [5.41, 5.74) is 8.34. The normalized spacial score (nSPS) is 18.8. The van der Waals surface area contributed by atoms with Crippen LogP contribution in [-0.2, 0) is 0 Å². The standard InChI is InChI=1S/C24H30N6O2S.C4H10O/c1-27-7-2-4-17(14-27)15-28-9-11-29(12-10-28)24(32)19-5-3-8-30-21(22(25)31)20(26-23(19)30)18-6-13-33-16-18;1-2-3-4-5/h3,5-6,8,13,16-17H,2,4,7,9-12,14-15H2,1H3,(H2,25,31);5H,2-4H2,1H3. The minimum atomic E-state index is -0.560. The molecule has 2 saturated heterocycles. The monoisotopic (exact) mass is 540 g/mol. The summed E-state index contributed by atoms with van der Waals surface area (Å²) < 4.78 is 1.65. The number of nitrogens with zero attached hydrogens (tertiary/aromatic N) is 5. The second-order valence-electron chi connectivity index (χ2n) is 10.2. The molecule has 1 unspecified atom stereocenters. The van der Waals surface area contributed by atoms with Crippen LogP contribution in [0.3, 0.4) is 0 Å². The number of pyridine rings is 1. The number of imidazole rings is 1. The van der Waals surface area contributed by atoms with Gasteiger partial charge in [-0.25, -0.2) is 4.98 Å². The van der Waals surface area contributed by atoms with Crippen LogP contribution in [0.15, 0.2) is 35.2 Å². The third kappa shape index (κ3) is 6.61. The van der Waals surface area contributed by atoms with Gasteiger partial charge in [0.25, 0.3) is 11.8 Å². The van der Waals surface area contributed by atoms with Crippen molar-refractivity contribution in [3.05, 3.63) is 46.4 Å². The Labute approximate surface area is 228 Å². The minimum absolute atomic E-state index is 0.0458. The Balaban J connectivity index is 0.000000617. The van der Waals surface area contributed by atoms with Crippen molar-refractivity contribution in [2.75, 3.05) is 59.5 Å². The maximum absolute atomic E-state index is 13.5. The number of aromatic nitrogens is 2. The highest BCUT2D eigenvalue weighted by Gasteiger charge is 2.28. The molecule has 0 bridgehead atoms. The van der Waals surface area contributed by atoms with Crippen molar-refractivity contribution in [3.8, 4) is 11.3 Å². The number of thiophene rings is 1. The molecule has 0 radical (unpaired) electrons. The van der Waals surface area contributed by atoms with Gasteiger partial charge in [-0.3, -0.25) is 18.9 Å². The Hall–Kier alpha value is -2.79. The number of likely N-dealkylation sites (tertiary alicyclic amines) is 1. The zero-order valence-electron chi connectivity index (χ0n) is 22.5. The first kappa shape index (κ1) is 28.2. The molecular weight excluding hydrogens is 500 g/mol. The number of hydrogen-bond acceptors (Lipinski definition) is 7. The van der Waals surface area contributed by atoms with E-state index in [0.717, 1.165) is 44.6 Å². The van der Waals surface area contributed by atoms with Gasteiger partial charge in [0.05, 0.1) is 5.56 Å². The number of aliphatic hydroxyl groups excluding tert-OH is 1. The summed E-state index contributed by atoms with van der Waals surface area (Å²) in [6.07, 6.45) is 6.35. The van der Waals surface area contributed by atoms with Gasteiger partial charge >= 0.3 is 0 Å². The second kappa shape index (κ2) is 13.3. The predicted molar refractivity (Wildman–Crippen MR) is 152 cm³/mol. The van der Waals surface area contributed by atoms with E-state index in [0.29, 0.717) is 48.2 Å². The van der Waals surface area contributed by atoms with Crippen LogP contribution < -0.4 is 5.73 Å². The van der Waals surface area contributed by atoms with E-state index in [1.54, 1.807) is 22.7 Å². The molecule has 5 heterocycles. The topological polar surface area (TPSA) is 107 Å². The lowest BCUT2D eigenvalue weighted by Crippen LogP contribution is -2.51. The van der Waals surface area contributed by atoms with E-state index >= 15 is 0 Å². The molecule has 9 nitrogen and oxygen atoms in total. The number of nitrogens with two attached hydrogens (primary N) is 1. The van der Waals surface area contributed by atoms with Crippen LogP contribution in [0.5, 0.6) is 0 Å². The van der Waals surface area contributed by atoms with E-state index in [1.807, 2.05) is 21.7 Å².